The molecule has 0 radical (unpaired) electrons. The Morgan fingerprint density at radius 2 is 1.93 bits per heavy atom. The number of carbonyl (C=O) groups is 1. The van der Waals surface area contributed by atoms with Gasteiger partial charge in [0.1, 0.15) is 5.82 Å². The number of nitrogens with zero attached hydrogens (tertiary/aromatic N) is 4. The van der Waals surface area contributed by atoms with Crippen molar-refractivity contribution in [2.75, 3.05) is 5.75 Å². The topological polar surface area (TPSA) is 72.7 Å². The summed E-state index contributed by atoms with van der Waals surface area (Å²) in [5.41, 5.74) is 4.60. The van der Waals surface area contributed by atoms with Crippen LogP contribution in [-0.4, -0.2) is 31.9 Å². The normalized spacial score (nSPS) is 10.8. The highest BCUT2D eigenvalue weighted by Crippen LogP contribution is 2.20. The van der Waals surface area contributed by atoms with E-state index in [4.69, 9.17) is 0 Å². The molecule has 0 aliphatic rings. The minimum atomic E-state index is -0.251. The maximum atomic E-state index is 13.3. The fourth-order valence-corrected chi connectivity index (χ4v) is 3.21. The lowest BCUT2D eigenvalue weighted by atomic mass is 10.1. The summed E-state index contributed by atoms with van der Waals surface area (Å²) < 4.78 is 14.9. The zero-order chi connectivity index (χ0) is 19.4. The van der Waals surface area contributed by atoms with Crippen LogP contribution in [0.2, 0.25) is 0 Å². The van der Waals surface area contributed by atoms with Crippen LogP contribution in [0.25, 0.3) is 5.69 Å². The third-order valence-electron chi connectivity index (χ3n) is 4.22. The van der Waals surface area contributed by atoms with Crippen molar-refractivity contribution in [1.29, 1.82) is 0 Å². The van der Waals surface area contributed by atoms with Gasteiger partial charge >= 0.3 is 0 Å². The van der Waals surface area contributed by atoms with E-state index in [-0.39, 0.29) is 17.5 Å². The van der Waals surface area contributed by atoms with E-state index in [2.05, 4.69) is 20.8 Å². The van der Waals surface area contributed by atoms with Crippen LogP contribution >= 0.6 is 11.8 Å². The molecule has 0 bridgehead atoms. The number of hydrogen-bond acceptors (Lipinski definition) is 5. The van der Waals surface area contributed by atoms with Crippen molar-refractivity contribution < 1.29 is 9.18 Å². The summed E-state index contributed by atoms with van der Waals surface area (Å²) in [5, 5.41) is 15.1. The average Bonchev–Trinajstić information content (AvgIpc) is 3.12. The predicted molar refractivity (Wildman–Crippen MR) is 102 cm³/mol. The number of benzene rings is 2. The average molecular weight is 385 g/mol. The summed E-state index contributed by atoms with van der Waals surface area (Å²) in [7, 11) is 0. The Bertz CT molecular complexity index is 972. The number of thioether (sulfide) groups is 1. The van der Waals surface area contributed by atoms with Crippen molar-refractivity contribution in [1.82, 2.24) is 25.5 Å². The monoisotopic (exact) mass is 385 g/mol. The quantitative estimate of drug-likeness (QED) is 0.660. The minimum absolute atomic E-state index is 0.142. The molecule has 0 saturated carbocycles. The van der Waals surface area contributed by atoms with E-state index >= 15 is 0 Å². The van der Waals surface area contributed by atoms with Crippen LogP contribution in [-0.2, 0) is 11.3 Å². The van der Waals surface area contributed by atoms with Gasteiger partial charge in [0.2, 0.25) is 11.1 Å². The van der Waals surface area contributed by atoms with E-state index in [1.165, 1.54) is 23.4 Å². The molecular weight excluding hydrogens is 365 g/mol. The molecule has 0 spiro atoms. The van der Waals surface area contributed by atoms with E-state index < -0.39 is 0 Å². The molecule has 140 valence electrons. The number of carbonyl (C=O) groups excluding carboxylic acids is 1. The zero-order valence-corrected chi connectivity index (χ0v) is 16.2. The molecule has 3 rings (SSSR count). The first-order chi connectivity index (χ1) is 12.9. The van der Waals surface area contributed by atoms with Crippen LogP contribution in [0, 0.1) is 26.6 Å². The van der Waals surface area contributed by atoms with Gasteiger partial charge in [0.15, 0.2) is 0 Å². The standard InChI is InChI=1S/C19H20FN5OS/c1-12-4-6-16(9-13(12)2)25-19(22-23-24-25)27-11-18(26)21-10-15-5-7-17(20)14(3)8-15/h4-9H,10-11H2,1-3H3,(H,21,26). The van der Waals surface area contributed by atoms with Gasteiger partial charge in [-0.25, -0.2) is 4.39 Å². The molecule has 3 aromatic rings. The van der Waals surface area contributed by atoms with E-state index in [0.717, 1.165) is 16.8 Å². The summed E-state index contributed by atoms with van der Waals surface area (Å²) in [6, 6.07) is 10.8. The van der Waals surface area contributed by atoms with Crippen molar-refractivity contribution in [3.63, 3.8) is 0 Å². The number of halogens is 1. The van der Waals surface area contributed by atoms with Gasteiger partial charge in [-0.05, 0) is 71.7 Å². The van der Waals surface area contributed by atoms with Crippen molar-refractivity contribution in [2.45, 2.75) is 32.5 Å². The number of nitrogens with one attached hydrogen (secondary N) is 1. The van der Waals surface area contributed by atoms with Crippen LogP contribution < -0.4 is 5.32 Å². The Morgan fingerprint density at radius 1 is 1.11 bits per heavy atom. The number of rotatable bonds is 6. The first-order valence-electron chi connectivity index (χ1n) is 8.44. The highest BCUT2D eigenvalue weighted by Gasteiger charge is 2.12. The summed E-state index contributed by atoms with van der Waals surface area (Å²) in [6.45, 7) is 6.12. The summed E-state index contributed by atoms with van der Waals surface area (Å²) in [6.07, 6.45) is 0. The van der Waals surface area contributed by atoms with Gasteiger partial charge < -0.3 is 5.32 Å². The van der Waals surface area contributed by atoms with Crippen molar-refractivity contribution >= 4 is 17.7 Å². The first kappa shape index (κ1) is 19.0. The number of aryl methyl sites for hydroxylation is 3. The second-order valence-corrected chi connectivity index (χ2v) is 7.23. The number of amides is 1. The Morgan fingerprint density at radius 3 is 2.67 bits per heavy atom. The summed E-state index contributed by atoms with van der Waals surface area (Å²) in [5.74, 6) is -0.207. The number of hydrogen-bond donors (Lipinski definition) is 1. The van der Waals surface area contributed by atoms with Crippen molar-refractivity contribution in [3.05, 3.63) is 64.5 Å². The van der Waals surface area contributed by atoms with E-state index in [9.17, 15) is 9.18 Å². The summed E-state index contributed by atoms with van der Waals surface area (Å²) in [4.78, 5) is 12.1. The van der Waals surface area contributed by atoms with E-state index in [0.29, 0.717) is 17.3 Å². The Kier molecular flexibility index (Phi) is 5.85. The van der Waals surface area contributed by atoms with Crippen LogP contribution in [0.5, 0.6) is 0 Å². The number of aromatic nitrogens is 4. The first-order valence-corrected chi connectivity index (χ1v) is 9.43. The molecule has 1 aromatic heterocycles. The molecule has 0 unspecified atom stereocenters. The third-order valence-corrected chi connectivity index (χ3v) is 5.14. The largest absolute Gasteiger partial charge is 0.351 e. The molecule has 0 aliphatic heterocycles. The van der Waals surface area contributed by atoms with Gasteiger partial charge in [-0.15, -0.1) is 5.10 Å². The summed E-state index contributed by atoms with van der Waals surface area (Å²) >= 11 is 1.26. The predicted octanol–water partition coefficient (Wildman–Crippen LogP) is 3.14. The second kappa shape index (κ2) is 8.30. The van der Waals surface area contributed by atoms with Crippen LogP contribution in [0.4, 0.5) is 4.39 Å². The van der Waals surface area contributed by atoms with Crippen LogP contribution in [0.15, 0.2) is 41.6 Å². The van der Waals surface area contributed by atoms with Gasteiger partial charge in [-0.1, -0.05) is 30.0 Å². The zero-order valence-electron chi connectivity index (χ0n) is 15.4. The molecule has 1 amide bonds. The molecule has 8 heteroatoms. The Balaban J connectivity index is 1.58. The minimum Gasteiger partial charge on any atom is -0.351 e. The van der Waals surface area contributed by atoms with Crippen LogP contribution in [0.1, 0.15) is 22.3 Å². The molecule has 0 atom stereocenters. The third kappa shape index (κ3) is 4.71. The molecule has 1 heterocycles. The smallest absolute Gasteiger partial charge is 0.230 e. The maximum Gasteiger partial charge on any atom is 0.230 e. The fourth-order valence-electron chi connectivity index (χ4n) is 2.49. The van der Waals surface area contributed by atoms with Crippen LogP contribution in [0.3, 0.4) is 0 Å². The lowest BCUT2D eigenvalue weighted by molar-refractivity contribution is -0.118. The fraction of sp³-hybridized carbons (Fsp3) is 0.263. The highest BCUT2D eigenvalue weighted by molar-refractivity contribution is 7.99. The Labute approximate surface area is 161 Å². The molecule has 6 nitrogen and oxygen atoms in total. The number of tetrazole rings is 1. The lowest BCUT2D eigenvalue weighted by Crippen LogP contribution is -2.24. The SMILES string of the molecule is Cc1ccc(-n2nnnc2SCC(=O)NCc2ccc(F)c(C)c2)cc1C. The van der Waals surface area contributed by atoms with E-state index in [1.807, 2.05) is 32.0 Å². The molecule has 27 heavy (non-hydrogen) atoms. The van der Waals surface area contributed by atoms with Gasteiger partial charge in [0.25, 0.3) is 0 Å². The van der Waals surface area contributed by atoms with Gasteiger partial charge in [-0.2, -0.15) is 4.68 Å². The molecule has 0 saturated heterocycles. The maximum absolute atomic E-state index is 13.3. The van der Waals surface area contributed by atoms with Gasteiger partial charge in [-0.3, -0.25) is 4.79 Å². The molecule has 0 aliphatic carbocycles. The molecule has 1 N–H and O–H groups in total. The molecule has 0 fully saturated rings. The van der Waals surface area contributed by atoms with Gasteiger partial charge in [0, 0.05) is 6.54 Å². The lowest BCUT2D eigenvalue weighted by Gasteiger charge is -2.08. The van der Waals surface area contributed by atoms with E-state index in [1.54, 1.807) is 23.7 Å². The van der Waals surface area contributed by atoms with Crippen molar-refractivity contribution in [3.8, 4) is 5.69 Å². The molecular formula is C19H20FN5OS. The highest BCUT2D eigenvalue weighted by atomic mass is 32.2. The van der Waals surface area contributed by atoms with Crippen molar-refractivity contribution in [2.24, 2.45) is 0 Å². The Hall–Kier alpha value is -2.74. The molecule has 2 aromatic carbocycles. The van der Waals surface area contributed by atoms with Gasteiger partial charge in [0.05, 0.1) is 11.4 Å². The second-order valence-electron chi connectivity index (χ2n) is 6.29.